The molecule has 118 valence electrons. The minimum atomic E-state index is -0.454. The van der Waals surface area contributed by atoms with Crippen LogP contribution in [0.2, 0.25) is 0 Å². The fraction of sp³-hybridized carbons (Fsp3) is 0.250. The molecule has 3 rings (SSSR count). The van der Waals surface area contributed by atoms with Gasteiger partial charge in [0, 0.05) is 31.1 Å². The van der Waals surface area contributed by atoms with Gasteiger partial charge in [0.05, 0.1) is 13.1 Å². The summed E-state index contributed by atoms with van der Waals surface area (Å²) in [4.78, 5) is 32.6. The molecule has 0 aliphatic carbocycles. The summed E-state index contributed by atoms with van der Waals surface area (Å²) in [5.41, 5.74) is 1.95. The van der Waals surface area contributed by atoms with Crippen molar-refractivity contribution < 1.29 is 14.3 Å². The Balaban J connectivity index is 1.70. The second kappa shape index (κ2) is 6.43. The first kappa shape index (κ1) is 15.0. The Morgan fingerprint density at radius 1 is 1.30 bits per heavy atom. The number of carbonyl (C=O) groups is 2. The molecule has 3 heterocycles. The first-order valence-electron chi connectivity index (χ1n) is 7.22. The average Bonchev–Trinajstić information content (AvgIpc) is 2.95. The summed E-state index contributed by atoms with van der Waals surface area (Å²) in [6.45, 7) is 2.08. The third-order valence-electron chi connectivity index (χ3n) is 3.49. The molecule has 23 heavy (non-hydrogen) atoms. The van der Waals surface area contributed by atoms with E-state index in [9.17, 15) is 9.59 Å². The molecule has 7 heteroatoms. The molecule has 1 aliphatic rings. The minimum absolute atomic E-state index is 0.153. The van der Waals surface area contributed by atoms with Crippen LogP contribution in [0.15, 0.2) is 42.9 Å². The van der Waals surface area contributed by atoms with Gasteiger partial charge in [-0.05, 0) is 29.8 Å². The molecular formula is C16H16N4O3. The Kier molecular flexibility index (Phi) is 4.18. The van der Waals surface area contributed by atoms with Gasteiger partial charge in [-0.3, -0.25) is 14.7 Å². The van der Waals surface area contributed by atoms with Crippen LogP contribution in [-0.4, -0.2) is 41.2 Å². The molecule has 7 nitrogen and oxygen atoms in total. The van der Waals surface area contributed by atoms with Gasteiger partial charge < -0.3 is 10.1 Å². The van der Waals surface area contributed by atoms with Crippen molar-refractivity contribution in [2.75, 3.05) is 18.0 Å². The highest BCUT2D eigenvalue weighted by Gasteiger charge is 2.33. The Bertz CT molecular complexity index is 703. The fourth-order valence-corrected chi connectivity index (χ4v) is 2.33. The number of nitrogens with zero attached hydrogens (tertiary/aromatic N) is 3. The predicted molar refractivity (Wildman–Crippen MR) is 83.8 cm³/mol. The number of rotatable bonds is 4. The van der Waals surface area contributed by atoms with Crippen molar-refractivity contribution in [3.05, 3.63) is 42.9 Å². The largest absolute Gasteiger partial charge is 0.442 e. The normalized spacial score (nSPS) is 17.0. The van der Waals surface area contributed by atoms with Crippen molar-refractivity contribution in [2.45, 2.75) is 13.0 Å². The molecule has 2 aromatic heterocycles. The minimum Gasteiger partial charge on any atom is -0.442 e. The summed E-state index contributed by atoms with van der Waals surface area (Å²) in [6.07, 6.45) is 4.32. The van der Waals surface area contributed by atoms with E-state index in [4.69, 9.17) is 4.74 Å². The number of anilines is 1. The number of ether oxygens (including phenoxy) is 1. The zero-order valence-electron chi connectivity index (χ0n) is 12.6. The second-order valence-corrected chi connectivity index (χ2v) is 5.19. The maximum absolute atomic E-state index is 11.9. The SMILES string of the molecule is CC(=O)NC[C@H]1CN(c2ccc(-c3ccncc3)cn2)C(=O)O1. The number of aromatic nitrogens is 2. The van der Waals surface area contributed by atoms with Crippen LogP contribution in [0.5, 0.6) is 0 Å². The third kappa shape index (κ3) is 3.45. The zero-order valence-corrected chi connectivity index (χ0v) is 12.6. The quantitative estimate of drug-likeness (QED) is 0.927. The molecule has 0 aromatic carbocycles. The zero-order chi connectivity index (χ0) is 16.2. The average molecular weight is 312 g/mol. The van der Waals surface area contributed by atoms with Crippen molar-refractivity contribution in [1.29, 1.82) is 0 Å². The maximum atomic E-state index is 11.9. The summed E-state index contributed by atoms with van der Waals surface area (Å²) in [5.74, 6) is 0.373. The molecule has 1 fully saturated rings. The molecular weight excluding hydrogens is 296 g/mol. The standard InChI is InChI=1S/C16H16N4O3/c1-11(21)18-9-14-10-20(16(22)23-14)15-3-2-13(8-19-15)12-4-6-17-7-5-12/h2-8,14H,9-10H2,1H3,(H,18,21)/t14-/m0/s1. The van der Waals surface area contributed by atoms with Gasteiger partial charge in [0.2, 0.25) is 5.91 Å². The molecule has 2 aromatic rings. The summed E-state index contributed by atoms with van der Waals surface area (Å²) in [7, 11) is 0. The first-order chi connectivity index (χ1) is 11.1. The molecule has 1 atom stereocenters. The van der Waals surface area contributed by atoms with Gasteiger partial charge in [-0.15, -0.1) is 0 Å². The van der Waals surface area contributed by atoms with E-state index in [1.807, 2.05) is 18.2 Å². The number of amides is 2. The van der Waals surface area contributed by atoms with Crippen molar-refractivity contribution >= 4 is 17.8 Å². The van der Waals surface area contributed by atoms with Crippen LogP contribution in [0.1, 0.15) is 6.92 Å². The van der Waals surface area contributed by atoms with Crippen LogP contribution < -0.4 is 10.2 Å². The van der Waals surface area contributed by atoms with E-state index in [-0.39, 0.29) is 12.0 Å². The number of nitrogens with one attached hydrogen (secondary N) is 1. The fourth-order valence-electron chi connectivity index (χ4n) is 2.33. The third-order valence-corrected chi connectivity index (χ3v) is 3.49. The van der Waals surface area contributed by atoms with E-state index < -0.39 is 6.09 Å². The molecule has 0 spiro atoms. The lowest BCUT2D eigenvalue weighted by molar-refractivity contribution is -0.119. The second-order valence-electron chi connectivity index (χ2n) is 5.19. The topological polar surface area (TPSA) is 84.4 Å². The number of carbonyl (C=O) groups excluding carboxylic acids is 2. The van der Waals surface area contributed by atoms with Gasteiger partial charge in [0.25, 0.3) is 0 Å². The van der Waals surface area contributed by atoms with Gasteiger partial charge in [-0.2, -0.15) is 0 Å². The molecule has 0 bridgehead atoms. The maximum Gasteiger partial charge on any atom is 0.416 e. The van der Waals surface area contributed by atoms with Crippen LogP contribution in [0.4, 0.5) is 10.6 Å². The van der Waals surface area contributed by atoms with Crippen molar-refractivity contribution in [2.24, 2.45) is 0 Å². The molecule has 1 N–H and O–H groups in total. The molecule has 0 unspecified atom stereocenters. The predicted octanol–water partition coefficient (Wildman–Crippen LogP) is 1.60. The van der Waals surface area contributed by atoms with Gasteiger partial charge in [-0.1, -0.05) is 0 Å². The van der Waals surface area contributed by atoms with Crippen LogP contribution >= 0.6 is 0 Å². The van der Waals surface area contributed by atoms with Crippen molar-refractivity contribution in [1.82, 2.24) is 15.3 Å². The van der Waals surface area contributed by atoms with E-state index in [1.54, 1.807) is 24.7 Å². The Morgan fingerprint density at radius 2 is 2.09 bits per heavy atom. The van der Waals surface area contributed by atoms with Crippen LogP contribution in [0.3, 0.4) is 0 Å². The van der Waals surface area contributed by atoms with Gasteiger partial charge in [0.1, 0.15) is 11.9 Å². The van der Waals surface area contributed by atoms with Crippen LogP contribution in [0.25, 0.3) is 11.1 Å². The van der Waals surface area contributed by atoms with Crippen LogP contribution in [-0.2, 0) is 9.53 Å². The van der Waals surface area contributed by atoms with Gasteiger partial charge in [0.15, 0.2) is 0 Å². The highest BCUT2D eigenvalue weighted by atomic mass is 16.6. The van der Waals surface area contributed by atoms with Gasteiger partial charge in [-0.25, -0.2) is 9.78 Å². The Hall–Kier alpha value is -2.96. The molecule has 0 radical (unpaired) electrons. The molecule has 1 aliphatic heterocycles. The molecule has 0 saturated carbocycles. The van der Waals surface area contributed by atoms with E-state index in [0.29, 0.717) is 18.9 Å². The number of hydrogen-bond donors (Lipinski definition) is 1. The van der Waals surface area contributed by atoms with E-state index in [0.717, 1.165) is 11.1 Å². The number of hydrogen-bond acceptors (Lipinski definition) is 5. The van der Waals surface area contributed by atoms with Crippen molar-refractivity contribution in [3.8, 4) is 11.1 Å². The summed E-state index contributed by atoms with van der Waals surface area (Å²) >= 11 is 0. The first-order valence-corrected chi connectivity index (χ1v) is 7.22. The Labute approximate surface area is 133 Å². The molecule has 2 amide bonds. The lowest BCUT2D eigenvalue weighted by atomic mass is 10.1. The van der Waals surface area contributed by atoms with Crippen molar-refractivity contribution in [3.63, 3.8) is 0 Å². The lowest BCUT2D eigenvalue weighted by Gasteiger charge is -2.12. The number of cyclic esters (lactones) is 1. The highest BCUT2D eigenvalue weighted by molar-refractivity contribution is 5.88. The summed E-state index contributed by atoms with van der Waals surface area (Å²) in [5, 5.41) is 2.64. The Morgan fingerprint density at radius 3 is 2.74 bits per heavy atom. The monoisotopic (exact) mass is 312 g/mol. The van der Waals surface area contributed by atoms with Crippen LogP contribution in [0, 0.1) is 0 Å². The van der Waals surface area contributed by atoms with E-state index in [1.165, 1.54) is 11.8 Å². The molecule has 1 saturated heterocycles. The van der Waals surface area contributed by atoms with Gasteiger partial charge >= 0.3 is 6.09 Å². The highest BCUT2D eigenvalue weighted by Crippen LogP contribution is 2.23. The van der Waals surface area contributed by atoms with E-state index in [2.05, 4.69) is 15.3 Å². The summed E-state index contributed by atoms with van der Waals surface area (Å²) in [6, 6.07) is 7.46. The smallest absolute Gasteiger partial charge is 0.416 e. The number of pyridine rings is 2. The summed E-state index contributed by atoms with van der Waals surface area (Å²) < 4.78 is 5.22. The van der Waals surface area contributed by atoms with E-state index >= 15 is 0 Å². The lowest BCUT2D eigenvalue weighted by Crippen LogP contribution is -2.33.